The van der Waals surface area contributed by atoms with Gasteiger partial charge in [0.2, 0.25) is 5.82 Å². The molecule has 98 valence electrons. The molecule has 0 atom stereocenters. The lowest BCUT2D eigenvalue weighted by Gasteiger charge is -2.04. The molecule has 0 amide bonds. The molecule has 1 heterocycles. The van der Waals surface area contributed by atoms with Crippen LogP contribution >= 0.6 is 11.8 Å². The predicted molar refractivity (Wildman–Crippen MR) is 63.6 cm³/mol. The van der Waals surface area contributed by atoms with Crippen LogP contribution in [-0.4, -0.2) is 14.9 Å². The molecule has 2 rings (SSSR count). The first-order chi connectivity index (χ1) is 8.99. The van der Waals surface area contributed by atoms with Crippen LogP contribution in [0.2, 0.25) is 0 Å². The Morgan fingerprint density at radius 3 is 2.68 bits per heavy atom. The fourth-order valence-corrected chi connectivity index (χ4v) is 2.16. The normalized spacial score (nSPS) is 10.4. The van der Waals surface area contributed by atoms with E-state index in [1.54, 1.807) is 0 Å². The summed E-state index contributed by atoms with van der Waals surface area (Å²) in [5.74, 6) is -1.89. The Morgan fingerprint density at radius 1 is 1.32 bits per heavy atom. The number of rotatable bonds is 3. The van der Waals surface area contributed by atoms with Gasteiger partial charge in [-0.15, -0.1) is 0 Å². The molecule has 6 nitrogen and oxygen atoms in total. The van der Waals surface area contributed by atoms with Crippen LogP contribution in [0, 0.1) is 21.7 Å². The molecule has 0 spiro atoms. The van der Waals surface area contributed by atoms with Crippen LogP contribution in [0.15, 0.2) is 34.4 Å². The van der Waals surface area contributed by atoms with Crippen LogP contribution in [0.25, 0.3) is 0 Å². The molecule has 2 aromatic rings. The van der Waals surface area contributed by atoms with E-state index in [1.807, 2.05) is 0 Å². The number of benzene rings is 1. The maximum atomic E-state index is 13.5. The molecule has 0 aliphatic heterocycles. The number of anilines is 1. The summed E-state index contributed by atoms with van der Waals surface area (Å²) in [6.07, 6.45) is 1.03. The Labute approximate surface area is 109 Å². The summed E-state index contributed by atoms with van der Waals surface area (Å²) < 4.78 is 26.2. The lowest BCUT2D eigenvalue weighted by Crippen LogP contribution is -2.01. The van der Waals surface area contributed by atoms with E-state index in [0.717, 1.165) is 18.5 Å². The zero-order valence-electron chi connectivity index (χ0n) is 9.21. The van der Waals surface area contributed by atoms with Gasteiger partial charge in [-0.2, -0.15) is 0 Å². The molecule has 0 bridgehead atoms. The van der Waals surface area contributed by atoms with Crippen molar-refractivity contribution in [2.45, 2.75) is 9.92 Å². The number of aromatic nitrogens is 2. The average molecular weight is 284 g/mol. The van der Waals surface area contributed by atoms with Gasteiger partial charge in [0.15, 0.2) is 5.03 Å². The standard InChI is InChI=1S/C10H6F2N4O2S/c11-5-1-2-7(6(12)3-5)19-10-8(16(17)18)9(13)14-4-15-10/h1-4H,(H2,13,14,15). The van der Waals surface area contributed by atoms with Crippen molar-refractivity contribution < 1.29 is 13.7 Å². The number of nitrogens with zero attached hydrogens (tertiary/aromatic N) is 3. The van der Waals surface area contributed by atoms with Crippen LogP contribution < -0.4 is 5.73 Å². The second kappa shape index (κ2) is 5.14. The van der Waals surface area contributed by atoms with E-state index < -0.39 is 22.2 Å². The van der Waals surface area contributed by atoms with Gasteiger partial charge in [0, 0.05) is 11.0 Å². The van der Waals surface area contributed by atoms with Crippen LogP contribution in [0.4, 0.5) is 20.3 Å². The molecule has 19 heavy (non-hydrogen) atoms. The molecule has 0 fully saturated rings. The molecule has 1 aromatic carbocycles. The number of halogens is 2. The Balaban J connectivity index is 2.44. The summed E-state index contributed by atoms with van der Waals surface area (Å²) in [5, 5.41) is 10.7. The van der Waals surface area contributed by atoms with Gasteiger partial charge in [-0.3, -0.25) is 10.1 Å². The van der Waals surface area contributed by atoms with Crippen molar-refractivity contribution >= 4 is 23.3 Å². The molecule has 0 saturated heterocycles. The largest absolute Gasteiger partial charge is 0.378 e. The van der Waals surface area contributed by atoms with Crippen molar-refractivity contribution in [3.63, 3.8) is 0 Å². The summed E-state index contributed by atoms with van der Waals surface area (Å²) in [6, 6.07) is 2.89. The van der Waals surface area contributed by atoms with Crippen molar-refractivity contribution in [1.82, 2.24) is 9.97 Å². The second-order valence-corrected chi connectivity index (χ2v) is 4.38. The fraction of sp³-hybridized carbons (Fsp3) is 0. The molecule has 0 aliphatic rings. The van der Waals surface area contributed by atoms with E-state index in [0.29, 0.717) is 17.8 Å². The molecule has 9 heteroatoms. The van der Waals surface area contributed by atoms with Crippen molar-refractivity contribution in [1.29, 1.82) is 0 Å². The van der Waals surface area contributed by atoms with Crippen LogP contribution in [0.3, 0.4) is 0 Å². The summed E-state index contributed by atoms with van der Waals surface area (Å²) in [5.41, 5.74) is 4.87. The van der Waals surface area contributed by atoms with Gasteiger partial charge in [-0.1, -0.05) is 11.8 Å². The van der Waals surface area contributed by atoms with Gasteiger partial charge in [-0.05, 0) is 12.1 Å². The third-order valence-electron chi connectivity index (χ3n) is 2.10. The molecule has 0 unspecified atom stereocenters. The number of hydrogen-bond acceptors (Lipinski definition) is 6. The number of nitrogens with two attached hydrogens (primary N) is 1. The van der Waals surface area contributed by atoms with Gasteiger partial charge in [0.25, 0.3) is 0 Å². The van der Waals surface area contributed by atoms with E-state index in [1.165, 1.54) is 0 Å². The minimum atomic E-state index is -0.837. The molecular formula is C10H6F2N4O2S. The molecule has 1 aromatic heterocycles. The van der Waals surface area contributed by atoms with E-state index in [4.69, 9.17) is 5.73 Å². The third-order valence-corrected chi connectivity index (χ3v) is 3.14. The zero-order chi connectivity index (χ0) is 14.0. The molecule has 0 radical (unpaired) electrons. The van der Waals surface area contributed by atoms with Gasteiger partial charge >= 0.3 is 5.69 Å². The minimum Gasteiger partial charge on any atom is -0.378 e. The summed E-state index contributed by atoms with van der Waals surface area (Å²) in [4.78, 5) is 17.3. The van der Waals surface area contributed by atoms with Crippen LogP contribution in [0.1, 0.15) is 0 Å². The van der Waals surface area contributed by atoms with Crippen LogP contribution in [0.5, 0.6) is 0 Å². The van der Waals surface area contributed by atoms with Crippen molar-refractivity contribution in [3.8, 4) is 0 Å². The number of hydrogen-bond donors (Lipinski definition) is 1. The van der Waals surface area contributed by atoms with E-state index in [2.05, 4.69) is 9.97 Å². The quantitative estimate of drug-likeness (QED) is 0.528. The summed E-state index contributed by atoms with van der Waals surface area (Å²) in [7, 11) is 0. The van der Waals surface area contributed by atoms with Crippen molar-refractivity contribution in [2.75, 3.05) is 5.73 Å². The highest BCUT2D eigenvalue weighted by atomic mass is 32.2. The smallest absolute Gasteiger partial charge is 0.343 e. The van der Waals surface area contributed by atoms with Gasteiger partial charge < -0.3 is 5.73 Å². The Morgan fingerprint density at radius 2 is 2.05 bits per heavy atom. The molecule has 0 saturated carbocycles. The van der Waals surface area contributed by atoms with Crippen molar-refractivity contribution in [2.24, 2.45) is 0 Å². The highest BCUT2D eigenvalue weighted by Gasteiger charge is 2.22. The Kier molecular flexibility index (Phi) is 3.56. The monoisotopic (exact) mass is 284 g/mol. The van der Waals surface area contributed by atoms with Gasteiger partial charge in [-0.25, -0.2) is 18.7 Å². The lowest BCUT2D eigenvalue weighted by atomic mass is 10.3. The van der Waals surface area contributed by atoms with E-state index in [9.17, 15) is 18.9 Å². The van der Waals surface area contributed by atoms with Crippen LogP contribution in [-0.2, 0) is 0 Å². The number of nitrogen functional groups attached to an aromatic ring is 1. The predicted octanol–water partition coefficient (Wildman–Crippen LogP) is 2.40. The maximum Gasteiger partial charge on any atom is 0.343 e. The lowest BCUT2D eigenvalue weighted by molar-refractivity contribution is -0.387. The highest BCUT2D eigenvalue weighted by Crippen LogP contribution is 2.36. The van der Waals surface area contributed by atoms with Crippen molar-refractivity contribution in [3.05, 3.63) is 46.3 Å². The molecule has 0 aliphatic carbocycles. The van der Waals surface area contributed by atoms with Gasteiger partial charge in [0.1, 0.15) is 18.0 Å². The SMILES string of the molecule is Nc1ncnc(Sc2ccc(F)cc2F)c1[N+](=O)[O-]. The number of nitro groups is 1. The summed E-state index contributed by atoms with van der Waals surface area (Å²) in [6.45, 7) is 0. The average Bonchev–Trinajstić information content (AvgIpc) is 2.32. The highest BCUT2D eigenvalue weighted by molar-refractivity contribution is 7.99. The third kappa shape index (κ3) is 2.76. The van der Waals surface area contributed by atoms with Gasteiger partial charge in [0.05, 0.1) is 4.92 Å². The van der Waals surface area contributed by atoms with E-state index in [-0.39, 0.29) is 15.7 Å². The first kappa shape index (κ1) is 13.1. The minimum absolute atomic E-state index is 0.00241. The topological polar surface area (TPSA) is 94.9 Å². The summed E-state index contributed by atoms with van der Waals surface area (Å²) >= 11 is 0.678. The fourth-order valence-electron chi connectivity index (χ4n) is 1.28. The maximum absolute atomic E-state index is 13.5. The second-order valence-electron chi connectivity index (χ2n) is 3.35. The Bertz CT molecular complexity index is 653. The molecular weight excluding hydrogens is 278 g/mol. The first-order valence-electron chi connectivity index (χ1n) is 4.87. The Hall–Kier alpha value is -2.29. The van der Waals surface area contributed by atoms with E-state index >= 15 is 0 Å². The zero-order valence-corrected chi connectivity index (χ0v) is 10.0. The molecule has 2 N–H and O–H groups in total. The first-order valence-corrected chi connectivity index (χ1v) is 5.68.